The number of anilines is 1. The van der Waals surface area contributed by atoms with Gasteiger partial charge in [-0.25, -0.2) is 0 Å². The highest BCUT2D eigenvalue weighted by Crippen LogP contribution is 2.46. The lowest BCUT2D eigenvalue weighted by Gasteiger charge is -2.36. The molecule has 2 aromatic carbocycles. The number of nitrogens with one attached hydrogen (secondary N) is 1. The molecule has 0 saturated heterocycles. The fourth-order valence-corrected chi connectivity index (χ4v) is 3.99. The first-order chi connectivity index (χ1) is 11.5. The van der Waals surface area contributed by atoms with Gasteiger partial charge >= 0.3 is 0 Å². The van der Waals surface area contributed by atoms with Crippen molar-refractivity contribution in [3.8, 4) is 0 Å². The Labute approximate surface area is 145 Å². The van der Waals surface area contributed by atoms with Crippen LogP contribution in [0.4, 0.5) is 5.69 Å². The lowest BCUT2D eigenvalue weighted by Crippen LogP contribution is -2.42. The summed E-state index contributed by atoms with van der Waals surface area (Å²) in [5.74, 6) is 0. The maximum Gasteiger partial charge on any atom is 0.0909 e. The predicted molar refractivity (Wildman–Crippen MR) is 101 cm³/mol. The van der Waals surface area contributed by atoms with E-state index in [1.807, 2.05) is 13.1 Å². The zero-order valence-corrected chi connectivity index (χ0v) is 15.1. The van der Waals surface area contributed by atoms with Crippen molar-refractivity contribution in [2.75, 3.05) is 25.0 Å². The Bertz CT molecular complexity index is 696. The van der Waals surface area contributed by atoms with Gasteiger partial charge in [0.1, 0.15) is 0 Å². The molecule has 0 fully saturated rings. The SMILES string of the molecule is CNCC(O)C(c1ccccc1)N1CC(C)(C)c2cccc(C)c21. The minimum atomic E-state index is -0.473. The summed E-state index contributed by atoms with van der Waals surface area (Å²) in [7, 11) is 1.89. The zero-order valence-electron chi connectivity index (χ0n) is 15.1. The summed E-state index contributed by atoms with van der Waals surface area (Å²) in [6, 6.07) is 16.8. The Morgan fingerprint density at radius 2 is 1.83 bits per heavy atom. The number of rotatable bonds is 5. The first-order valence-corrected chi connectivity index (χ1v) is 8.70. The number of aliphatic hydroxyl groups is 1. The second kappa shape index (κ2) is 6.58. The van der Waals surface area contributed by atoms with Crippen LogP contribution in [0.1, 0.15) is 36.6 Å². The second-order valence-corrected chi connectivity index (χ2v) is 7.46. The van der Waals surface area contributed by atoms with Gasteiger partial charge in [-0.1, -0.05) is 62.4 Å². The van der Waals surface area contributed by atoms with Gasteiger partial charge in [0.2, 0.25) is 0 Å². The van der Waals surface area contributed by atoms with Crippen molar-refractivity contribution in [1.29, 1.82) is 0 Å². The van der Waals surface area contributed by atoms with Gasteiger partial charge in [0.05, 0.1) is 12.1 Å². The molecule has 2 unspecified atom stereocenters. The number of benzene rings is 2. The van der Waals surface area contributed by atoms with E-state index >= 15 is 0 Å². The first kappa shape index (κ1) is 17.0. The lowest BCUT2D eigenvalue weighted by atomic mass is 9.86. The molecule has 1 aliphatic heterocycles. The Kier molecular flexibility index (Phi) is 4.66. The number of aliphatic hydroxyl groups excluding tert-OH is 1. The molecule has 0 spiro atoms. The van der Waals surface area contributed by atoms with Crippen molar-refractivity contribution in [1.82, 2.24) is 5.32 Å². The van der Waals surface area contributed by atoms with Gasteiger partial charge in [-0.2, -0.15) is 0 Å². The van der Waals surface area contributed by atoms with E-state index < -0.39 is 6.10 Å². The van der Waals surface area contributed by atoms with Gasteiger partial charge in [-0.3, -0.25) is 0 Å². The van der Waals surface area contributed by atoms with Crippen LogP contribution >= 0.6 is 0 Å². The number of nitrogens with zero attached hydrogens (tertiary/aromatic N) is 1. The van der Waals surface area contributed by atoms with Crippen LogP contribution in [0.3, 0.4) is 0 Å². The molecule has 24 heavy (non-hydrogen) atoms. The Morgan fingerprint density at radius 1 is 1.12 bits per heavy atom. The predicted octanol–water partition coefficient (Wildman–Crippen LogP) is 3.41. The number of fused-ring (bicyclic) bond motifs is 1. The smallest absolute Gasteiger partial charge is 0.0909 e. The van der Waals surface area contributed by atoms with Crippen LogP contribution in [-0.2, 0) is 5.41 Å². The van der Waals surface area contributed by atoms with E-state index in [1.54, 1.807) is 0 Å². The molecular weight excluding hydrogens is 296 g/mol. The summed E-state index contributed by atoms with van der Waals surface area (Å²) < 4.78 is 0. The van der Waals surface area contributed by atoms with Crippen LogP contribution in [0.5, 0.6) is 0 Å². The van der Waals surface area contributed by atoms with Crippen molar-refractivity contribution in [2.24, 2.45) is 0 Å². The highest BCUT2D eigenvalue weighted by molar-refractivity contribution is 5.67. The van der Waals surface area contributed by atoms with Gasteiger partial charge in [-0.15, -0.1) is 0 Å². The number of aryl methyl sites for hydroxylation is 1. The number of likely N-dealkylation sites (N-methyl/N-ethyl adjacent to an activating group) is 1. The molecular formula is C21H28N2O. The molecule has 128 valence electrons. The third kappa shape index (κ3) is 2.94. The van der Waals surface area contributed by atoms with Crippen molar-refractivity contribution in [3.05, 3.63) is 65.2 Å². The third-order valence-electron chi connectivity index (χ3n) is 5.07. The third-order valence-corrected chi connectivity index (χ3v) is 5.07. The van der Waals surface area contributed by atoms with E-state index in [0.29, 0.717) is 6.54 Å². The molecule has 0 radical (unpaired) electrons. The molecule has 2 atom stereocenters. The summed E-state index contributed by atoms with van der Waals surface area (Å²) in [6.07, 6.45) is -0.473. The molecule has 0 amide bonds. The zero-order chi connectivity index (χ0) is 17.3. The lowest BCUT2D eigenvalue weighted by molar-refractivity contribution is 0.140. The van der Waals surface area contributed by atoms with Crippen molar-refractivity contribution in [3.63, 3.8) is 0 Å². The van der Waals surface area contributed by atoms with Crippen molar-refractivity contribution >= 4 is 5.69 Å². The largest absolute Gasteiger partial charge is 0.389 e. The Morgan fingerprint density at radius 3 is 2.50 bits per heavy atom. The quantitative estimate of drug-likeness (QED) is 0.885. The molecule has 2 N–H and O–H groups in total. The van der Waals surface area contributed by atoms with Crippen LogP contribution < -0.4 is 10.2 Å². The molecule has 0 bridgehead atoms. The van der Waals surface area contributed by atoms with Gasteiger partial charge in [-0.05, 0) is 30.7 Å². The average molecular weight is 324 g/mol. The molecule has 0 aromatic heterocycles. The maximum absolute atomic E-state index is 10.9. The van der Waals surface area contributed by atoms with E-state index in [0.717, 1.165) is 12.1 Å². The standard InChI is InChI=1S/C21H28N2O/c1-15-9-8-12-17-19(15)23(14-21(17,2)3)20(18(24)13-22-4)16-10-6-5-7-11-16/h5-12,18,20,22,24H,13-14H2,1-4H3. The first-order valence-electron chi connectivity index (χ1n) is 8.70. The van der Waals surface area contributed by atoms with E-state index in [-0.39, 0.29) is 11.5 Å². The summed E-state index contributed by atoms with van der Waals surface area (Å²) in [5.41, 5.74) is 5.17. The maximum atomic E-state index is 10.9. The van der Waals surface area contributed by atoms with E-state index in [9.17, 15) is 5.11 Å². The minimum Gasteiger partial charge on any atom is -0.389 e. The molecule has 1 heterocycles. The van der Waals surface area contributed by atoms with Gasteiger partial charge < -0.3 is 15.3 Å². The molecule has 0 aliphatic carbocycles. The monoisotopic (exact) mass is 324 g/mol. The molecule has 3 heteroatoms. The topological polar surface area (TPSA) is 35.5 Å². The van der Waals surface area contributed by atoms with E-state index in [2.05, 4.69) is 73.5 Å². The molecule has 1 aliphatic rings. The van der Waals surface area contributed by atoms with Crippen LogP contribution in [0.25, 0.3) is 0 Å². The van der Waals surface area contributed by atoms with Crippen molar-refractivity contribution in [2.45, 2.75) is 38.3 Å². The Hall–Kier alpha value is -1.84. The summed E-state index contributed by atoms with van der Waals surface area (Å²) in [6.45, 7) is 8.22. The van der Waals surface area contributed by atoms with Crippen LogP contribution in [0.15, 0.2) is 48.5 Å². The summed E-state index contributed by atoms with van der Waals surface area (Å²) >= 11 is 0. The number of hydrogen-bond acceptors (Lipinski definition) is 3. The van der Waals surface area contributed by atoms with Crippen LogP contribution in [0.2, 0.25) is 0 Å². The van der Waals surface area contributed by atoms with Crippen molar-refractivity contribution < 1.29 is 5.11 Å². The Balaban J connectivity index is 2.10. The fraction of sp³-hybridized carbons (Fsp3) is 0.429. The number of para-hydroxylation sites is 1. The minimum absolute atomic E-state index is 0.0553. The average Bonchev–Trinajstić information content (AvgIpc) is 2.82. The van der Waals surface area contributed by atoms with Gasteiger partial charge in [0, 0.05) is 24.2 Å². The van der Waals surface area contributed by atoms with Gasteiger partial charge in [0.15, 0.2) is 0 Å². The molecule has 2 aromatic rings. The second-order valence-electron chi connectivity index (χ2n) is 7.46. The molecule has 3 nitrogen and oxygen atoms in total. The molecule has 0 saturated carbocycles. The van der Waals surface area contributed by atoms with E-state index in [1.165, 1.54) is 16.8 Å². The summed E-state index contributed by atoms with van der Waals surface area (Å²) in [4.78, 5) is 2.40. The highest BCUT2D eigenvalue weighted by Gasteiger charge is 2.41. The van der Waals surface area contributed by atoms with Crippen LogP contribution in [0, 0.1) is 6.92 Å². The highest BCUT2D eigenvalue weighted by atomic mass is 16.3. The van der Waals surface area contributed by atoms with Gasteiger partial charge in [0.25, 0.3) is 0 Å². The normalized spacial score (nSPS) is 18.3. The van der Waals surface area contributed by atoms with E-state index in [4.69, 9.17) is 0 Å². The number of hydrogen-bond donors (Lipinski definition) is 2. The summed E-state index contributed by atoms with van der Waals surface area (Å²) in [5, 5.41) is 14.0. The van der Waals surface area contributed by atoms with Crippen LogP contribution in [-0.4, -0.2) is 31.3 Å². The molecule has 3 rings (SSSR count). The fourth-order valence-electron chi connectivity index (χ4n) is 3.99.